The molecule has 3 aromatic rings. The number of esters is 1. The lowest BCUT2D eigenvalue weighted by molar-refractivity contribution is 0.0490. The molecule has 0 spiro atoms. The standard InChI is InChI=1S/C20H21N3O3/c1-6-25-20(24)18-12(4)22-19(26-18)14-7-8-17-15(9-14)16(10-21)13(5)23(17)11(2)3/h7-9,11H,6H2,1-5H3. The number of aryl methyl sites for hydroxylation is 1. The lowest BCUT2D eigenvalue weighted by Crippen LogP contribution is -2.04. The van der Waals surface area contributed by atoms with Crippen molar-refractivity contribution in [2.45, 2.75) is 40.7 Å². The predicted molar refractivity (Wildman–Crippen MR) is 98.0 cm³/mol. The lowest BCUT2D eigenvalue weighted by atomic mass is 10.1. The summed E-state index contributed by atoms with van der Waals surface area (Å²) < 4.78 is 12.8. The second-order valence-corrected chi connectivity index (χ2v) is 6.42. The summed E-state index contributed by atoms with van der Waals surface area (Å²) in [5, 5.41) is 10.4. The maximum Gasteiger partial charge on any atom is 0.376 e. The predicted octanol–water partition coefficient (Wildman–Crippen LogP) is 4.54. The van der Waals surface area contributed by atoms with Crippen molar-refractivity contribution >= 4 is 16.9 Å². The molecule has 0 saturated heterocycles. The fourth-order valence-electron chi connectivity index (χ4n) is 3.29. The van der Waals surface area contributed by atoms with E-state index in [0.717, 1.165) is 16.6 Å². The normalized spacial score (nSPS) is 11.1. The number of carbonyl (C=O) groups is 1. The van der Waals surface area contributed by atoms with Gasteiger partial charge in [-0.05, 0) is 52.8 Å². The van der Waals surface area contributed by atoms with Crippen LogP contribution in [0.4, 0.5) is 0 Å². The monoisotopic (exact) mass is 351 g/mol. The Kier molecular flexibility index (Phi) is 4.56. The number of nitrogens with zero attached hydrogens (tertiary/aromatic N) is 3. The number of oxazole rings is 1. The van der Waals surface area contributed by atoms with E-state index in [9.17, 15) is 10.1 Å². The number of carbonyl (C=O) groups excluding carboxylic acids is 1. The van der Waals surface area contributed by atoms with Crippen LogP contribution in [0.3, 0.4) is 0 Å². The quantitative estimate of drug-likeness (QED) is 0.644. The number of rotatable bonds is 4. The zero-order valence-corrected chi connectivity index (χ0v) is 15.6. The maximum atomic E-state index is 11.9. The van der Waals surface area contributed by atoms with Gasteiger partial charge in [0.1, 0.15) is 6.07 Å². The summed E-state index contributed by atoms with van der Waals surface area (Å²) in [6.07, 6.45) is 0. The lowest BCUT2D eigenvalue weighted by Gasteiger charge is -2.12. The van der Waals surface area contributed by atoms with Gasteiger partial charge in [0.15, 0.2) is 0 Å². The molecule has 0 radical (unpaired) electrons. The van der Waals surface area contributed by atoms with Crippen LogP contribution in [0.1, 0.15) is 54.3 Å². The van der Waals surface area contributed by atoms with Crippen molar-refractivity contribution in [1.82, 2.24) is 9.55 Å². The van der Waals surface area contributed by atoms with Crippen LogP contribution < -0.4 is 0 Å². The van der Waals surface area contributed by atoms with Crippen molar-refractivity contribution in [3.8, 4) is 17.5 Å². The van der Waals surface area contributed by atoms with Crippen LogP contribution in [0.25, 0.3) is 22.4 Å². The van der Waals surface area contributed by atoms with E-state index in [-0.39, 0.29) is 18.4 Å². The van der Waals surface area contributed by atoms with Crippen LogP contribution in [0.15, 0.2) is 22.6 Å². The van der Waals surface area contributed by atoms with E-state index in [4.69, 9.17) is 9.15 Å². The van der Waals surface area contributed by atoms with Crippen molar-refractivity contribution in [2.75, 3.05) is 6.61 Å². The van der Waals surface area contributed by atoms with Crippen LogP contribution >= 0.6 is 0 Å². The van der Waals surface area contributed by atoms with Gasteiger partial charge in [0.05, 0.1) is 17.9 Å². The highest BCUT2D eigenvalue weighted by Gasteiger charge is 2.21. The number of aromatic nitrogens is 2. The molecule has 0 atom stereocenters. The Morgan fingerprint density at radius 2 is 2.12 bits per heavy atom. The van der Waals surface area contributed by atoms with Crippen LogP contribution in [0.5, 0.6) is 0 Å². The molecule has 0 aliphatic carbocycles. The molecule has 6 heteroatoms. The van der Waals surface area contributed by atoms with E-state index < -0.39 is 5.97 Å². The molecule has 1 aromatic carbocycles. The van der Waals surface area contributed by atoms with E-state index in [0.29, 0.717) is 22.7 Å². The topological polar surface area (TPSA) is 81.0 Å². The third-order valence-corrected chi connectivity index (χ3v) is 4.38. The van der Waals surface area contributed by atoms with Gasteiger partial charge >= 0.3 is 5.97 Å². The Hall–Kier alpha value is -3.07. The first-order valence-corrected chi connectivity index (χ1v) is 8.58. The zero-order valence-electron chi connectivity index (χ0n) is 15.6. The molecule has 26 heavy (non-hydrogen) atoms. The van der Waals surface area contributed by atoms with Crippen molar-refractivity contribution in [1.29, 1.82) is 5.26 Å². The highest BCUT2D eigenvalue weighted by molar-refractivity contribution is 5.92. The van der Waals surface area contributed by atoms with E-state index in [1.165, 1.54) is 0 Å². The average Bonchev–Trinajstić information content (AvgIpc) is 3.11. The molecule has 2 aromatic heterocycles. The third kappa shape index (κ3) is 2.76. The van der Waals surface area contributed by atoms with E-state index >= 15 is 0 Å². The largest absolute Gasteiger partial charge is 0.460 e. The first-order chi connectivity index (χ1) is 12.4. The number of benzene rings is 1. The third-order valence-electron chi connectivity index (χ3n) is 4.38. The molecular weight excluding hydrogens is 330 g/mol. The second-order valence-electron chi connectivity index (χ2n) is 6.42. The summed E-state index contributed by atoms with van der Waals surface area (Å²) in [5.41, 5.74) is 3.77. The molecule has 0 unspecified atom stereocenters. The number of nitriles is 1. The Balaban J connectivity index is 2.15. The highest BCUT2D eigenvalue weighted by atomic mass is 16.5. The van der Waals surface area contributed by atoms with Gasteiger partial charge < -0.3 is 13.7 Å². The van der Waals surface area contributed by atoms with Crippen molar-refractivity contribution < 1.29 is 13.9 Å². The number of ether oxygens (including phenoxy) is 1. The van der Waals surface area contributed by atoms with Crippen LogP contribution in [0, 0.1) is 25.2 Å². The summed E-state index contributed by atoms with van der Waals surface area (Å²) in [6, 6.07) is 8.28. The Bertz CT molecular complexity index is 1030. The van der Waals surface area contributed by atoms with E-state index in [1.54, 1.807) is 13.8 Å². The van der Waals surface area contributed by atoms with Gasteiger partial charge in [-0.1, -0.05) is 0 Å². The molecule has 134 valence electrons. The van der Waals surface area contributed by atoms with Gasteiger partial charge in [-0.15, -0.1) is 0 Å². The number of hydrogen-bond donors (Lipinski definition) is 0. The number of hydrogen-bond acceptors (Lipinski definition) is 5. The fourth-order valence-corrected chi connectivity index (χ4v) is 3.29. The SMILES string of the molecule is CCOC(=O)c1oc(-c2ccc3c(c2)c(C#N)c(C)n3C(C)C)nc1C. The van der Waals surface area contributed by atoms with Crippen molar-refractivity contribution in [2.24, 2.45) is 0 Å². The summed E-state index contributed by atoms with van der Waals surface area (Å²) in [5.74, 6) is -0.0750. The molecule has 0 saturated carbocycles. The van der Waals surface area contributed by atoms with Gasteiger partial charge in [-0.25, -0.2) is 9.78 Å². The highest BCUT2D eigenvalue weighted by Crippen LogP contribution is 2.32. The molecule has 0 N–H and O–H groups in total. The molecule has 0 aliphatic rings. The van der Waals surface area contributed by atoms with Gasteiger partial charge in [0.2, 0.25) is 11.7 Å². The fraction of sp³-hybridized carbons (Fsp3) is 0.350. The summed E-state index contributed by atoms with van der Waals surface area (Å²) in [4.78, 5) is 16.3. The summed E-state index contributed by atoms with van der Waals surface area (Å²) in [6.45, 7) is 9.84. The zero-order chi connectivity index (χ0) is 19.0. The molecule has 6 nitrogen and oxygen atoms in total. The second kappa shape index (κ2) is 6.68. The molecule has 2 heterocycles. The van der Waals surface area contributed by atoms with Crippen LogP contribution in [-0.4, -0.2) is 22.1 Å². The van der Waals surface area contributed by atoms with Gasteiger partial charge in [-0.2, -0.15) is 5.26 Å². The molecule has 0 bridgehead atoms. The Morgan fingerprint density at radius 3 is 2.73 bits per heavy atom. The minimum absolute atomic E-state index is 0.110. The van der Waals surface area contributed by atoms with Crippen molar-refractivity contribution in [3.63, 3.8) is 0 Å². The maximum absolute atomic E-state index is 11.9. The minimum atomic E-state index is -0.524. The summed E-state index contributed by atoms with van der Waals surface area (Å²) in [7, 11) is 0. The van der Waals surface area contributed by atoms with Gasteiger partial charge in [-0.3, -0.25) is 0 Å². The Morgan fingerprint density at radius 1 is 1.38 bits per heavy atom. The van der Waals surface area contributed by atoms with Gasteiger partial charge in [0, 0.05) is 28.2 Å². The van der Waals surface area contributed by atoms with Crippen molar-refractivity contribution in [3.05, 3.63) is 40.9 Å². The molecule has 0 fully saturated rings. The average molecular weight is 351 g/mol. The van der Waals surface area contributed by atoms with Crippen LogP contribution in [-0.2, 0) is 4.74 Å². The first kappa shape index (κ1) is 17.7. The number of fused-ring (bicyclic) bond motifs is 1. The van der Waals surface area contributed by atoms with Crippen LogP contribution in [0.2, 0.25) is 0 Å². The van der Waals surface area contributed by atoms with E-state index in [1.807, 2.05) is 25.1 Å². The molecular formula is C20H21N3O3. The molecule has 0 aliphatic heterocycles. The smallest absolute Gasteiger partial charge is 0.376 e. The Labute approximate surface area is 152 Å². The first-order valence-electron chi connectivity index (χ1n) is 8.58. The minimum Gasteiger partial charge on any atom is -0.460 e. The molecule has 3 rings (SSSR count). The molecule has 0 amide bonds. The van der Waals surface area contributed by atoms with Gasteiger partial charge in [0.25, 0.3) is 0 Å². The van der Waals surface area contributed by atoms with E-state index in [2.05, 4.69) is 29.5 Å². The summed E-state index contributed by atoms with van der Waals surface area (Å²) >= 11 is 0.